The quantitative estimate of drug-likeness (QED) is 0.342. The third-order valence-electron chi connectivity index (χ3n) is 14.9. The summed E-state index contributed by atoms with van der Waals surface area (Å²) < 4.78 is 3.74. The van der Waals surface area contributed by atoms with Crippen molar-refractivity contribution in [1.29, 1.82) is 0 Å². The Bertz CT molecular complexity index is 1880. The van der Waals surface area contributed by atoms with Crippen LogP contribution in [0.3, 0.4) is 0 Å². The Hall–Kier alpha value is -3.84. The van der Waals surface area contributed by atoms with Gasteiger partial charge in [-0.15, -0.1) is 0 Å². The predicted octanol–water partition coefficient (Wildman–Crippen LogP) is 5.03. The third-order valence-corrected chi connectivity index (χ3v) is 14.9. The zero-order chi connectivity index (χ0) is 42.8. The topological polar surface area (TPSA) is 132 Å². The maximum absolute atomic E-state index is 13.2. The van der Waals surface area contributed by atoms with Crippen molar-refractivity contribution < 1.29 is 19.8 Å². The fourth-order valence-corrected chi connectivity index (χ4v) is 12.1. The molecule has 12 heteroatoms. The lowest BCUT2D eigenvalue weighted by molar-refractivity contribution is -0.136. The highest BCUT2D eigenvalue weighted by Gasteiger charge is 2.57. The summed E-state index contributed by atoms with van der Waals surface area (Å²) in [6.07, 6.45) is 20.1. The second-order valence-corrected chi connectivity index (χ2v) is 18.9. The zero-order valence-electron chi connectivity index (χ0n) is 36.9. The minimum absolute atomic E-state index is 0.00700. The van der Waals surface area contributed by atoms with Gasteiger partial charge < -0.3 is 29.1 Å². The van der Waals surface area contributed by atoms with E-state index in [2.05, 4.69) is 9.80 Å². The Morgan fingerprint density at radius 1 is 0.617 bits per heavy atom. The van der Waals surface area contributed by atoms with Crippen LogP contribution < -0.4 is 11.1 Å². The average Bonchev–Trinajstić information content (AvgIpc) is 3.58. The second kappa shape index (κ2) is 19.1. The molecule has 2 saturated heterocycles. The molecule has 0 aromatic carbocycles. The molecule has 8 rings (SSSR count). The molecule has 2 aromatic heterocycles. The molecule has 2 saturated carbocycles. The van der Waals surface area contributed by atoms with Crippen LogP contribution in [-0.4, -0.2) is 117 Å². The molecule has 4 bridgehead atoms. The number of rotatable bonds is 10. The average molecular weight is 827 g/mol. The molecule has 0 spiro atoms. The highest BCUT2D eigenvalue weighted by Crippen LogP contribution is 2.51. The number of carbonyl (C=O) groups is 2. The molecule has 0 radical (unpaired) electrons. The van der Waals surface area contributed by atoms with Crippen molar-refractivity contribution in [1.82, 2.24) is 28.7 Å². The summed E-state index contributed by atoms with van der Waals surface area (Å²) in [7, 11) is 7.14. The van der Waals surface area contributed by atoms with E-state index in [1.165, 1.54) is 64.2 Å². The van der Waals surface area contributed by atoms with Crippen molar-refractivity contribution in [2.75, 3.05) is 54.5 Å². The Morgan fingerprint density at radius 3 is 1.30 bits per heavy atom. The fourth-order valence-electron chi connectivity index (χ4n) is 12.1. The number of pyridine rings is 2. The summed E-state index contributed by atoms with van der Waals surface area (Å²) in [5.74, 6) is 0.422. The number of fused-ring (bicyclic) bond motifs is 8. The molecule has 0 unspecified atom stereocenters. The summed E-state index contributed by atoms with van der Waals surface area (Å²) in [6, 6.07) is 7.56. The number of aliphatic hydroxyl groups is 2. The monoisotopic (exact) mass is 827 g/mol. The Labute approximate surface area is 356 Å². The lowest BCUT2D eigenvalue weighted by Crippen LogP contribution is -2.48. The zero-order valence-corrected chi connectivity index (χ0v) is 36.9. The standard InChI is InChI=1S/2C24H35N3O3/c2*1-4-8-17-11-12-19-22-21(24(30)25(2)3)18(15-28)20(14-27(19)23(17)29)26(22)13-16-9-6-5-7-10-16/h2*4,8,11-12,16,18,20-22,28H,5-7,9-10,13-15H2,1-3H3/b8-4+;8-4-/t2*18-,20-,21+,22+/m00/s1. The van der Waals surface area contributed by atoms with Gasteiger partial charge in [-0.3, -0.25) is 29.0 Å². The van der Waals surface area contributed by atoms with Gasteiger partial charge in [0.05, 0.1) is 23.9 Å². The molecular weight excluding hydrogens is 757 g/mol. The van der Waals surface area contributed by atoms with Crippen molar-refractivity contribution in [3.8, 4) is 0 Å². The van der Waals surface area contributed by atoms with E-state index in [1.807, 2.05) is 71.6 Å². The first-order chi connectivity index (χ1) is 28.9. The Balaban J connectivity index is 0.000000181. The van der Waals surface area contributed by atoms with Crippen LogP contribution in [0.15, 0.2) is 46.0 Å². The van der Waals surface area contributed by atoms with Gasteiger partial charge in [0.2, 0.25) is 11.8 Å². The fraction of sp³-hybridized carbons (Fsp3) is 0.667. The molecule has 60 heavy (non-hydrogen) atoms. The third kappa shape index (κ3) is 8.26. The van der Waals surface area contributed by atoms with Crippen molar-refractivity contribution in [3.63, 3.8) is 0 Å². The van der Waals surface area contributed by atoms with Gasteiger partial charge in [-0.2, -0.15) is 0 Å². The van der Waals surface area contributed by atoms with Crippen LogP contribution in [0, 0.1) is 35.5 Å². The van der Waals surface area contributed by atoms with Crippen molar-refractivity contribution in [2.24, 2.45) is 35.5 Å². The lowest BCUT2D eigenvalue weighted by Gasteiger charge is -2.40. The minimum Gasteiger partial charge on any atom is -0.396 e. The van der Waals surface area contributed by atoms with E-state index in [9.17, 15) is 29.4 Å². The predicted molar refractivity (Wildman–Crippen MR) is 236 cm³/mol. The highest BCUT2D eigenvalue weighted by molar-refractivity contribution is 5.81. The molecule has 8 atom stereocenters. The number of aliphatic hydroxyl groups excluding tert-OH is 2. The van der Waals surface area contributed by atoms with E-state index in [-0.39, 0.29) is 84.0 Å². The normalized spacial score (nSPS) is 29.3. The van der Waals surface area contributed by atoms with Crippen LogP contribution >= 0.6 is 0 Å². The summed E-state index contributed by atoms with van der Waals surface area (Å²) in [6.45, 7) is 6.76. The van der Waals surface area contributed by atoms with E-state index >= 15 is 0 Å². The maximum Gasteiger partial charge on any atom is 0.258 e. The molecule has 2 N–H and O–H groups in total. The van der Waals surface area contributed by atoms with E-state index in [0.29, 0.717) is 36.1 Å². The second-order valence-electron chi connectivity index (χ2n) is 18.9. The first kappa shape index (κ1) is 44.2. The maximum atomic E-state index is 13.2. The van der Waals surface area contributed by atoms with Crippen LogP contribution in [0.2, 0.25) is 0 Å². The molecule has 12 nitrogen and oxygen atoms in total. The number of nitrogens with zero attached hydrogens (tertiary/aromatic N) is 6. The number of amides is 2. The van der Waals surface area contributed by atoms with Gasteiger partial charge in [-0.05, 0) is 75.6 Å². The summed E-state index contributed by atoms with van der Waals surface area (Å²) >= 11 is 0. The summed E-state index contributed by atoms with van der Waals surface area (Å²) in [5, 5.41) is 20.7. The smallest absolute Gasteiger partial charge is 0.258 e. The van der Waals surface area contributed by atoms with Crippen LogP contribution in [0.4, 0.5) is 0 Å². The Morgan fingerprint density at radius 2 is 0.983 bits per heavy atom. The van der Waals surface area contributed by atoms with Crippen molar-refractivity contribution in [2.45, 2.75) is 115 Å². The van der Waals surface area contributed by atoms with Gasteiger partial charge in [0.1, 0.15) is 0 Å². The molecule has 4 aliphatic heterocycles. The minimum atomic E-state index is -0.320. The molecule has 6 heterocycles. The van der Waals surface area contributed by atoms with E-state index in [0.717, 1.165) is 24.5 Å². The number of aromatic nitrogens is 2. The molecule has 4 fully saturated rings. The number of hydrogen-bond acceptors (Lipinski definition) is 8. The molecular formula is C48H70N6O6. The molecule has 2 aliphatic carbocycles. The number of hydrogen-bond donors (Lipinski definition) is 2. The highest BCUT2D eigenvalue weighted by atomic mass is 16.3. The van der Waals surface area contributed by atoms with Crippen LogP contribution in [0.5, 0.6) is 0 Å². The van der Waals surface area contributed by atoms with Crippen molar-refractivity contribution >= 4 is 24.0 Å². The van der Waals surface area contributed by atoms with Gasteiger partial charge in [-0.25, -0.2) is 0 Å². The number of carbonyl (C=O) groups excluding carboxylic acids is 2. The molecule has 328 valence electrons. The van der Waals surface area contributed by atoms with Gasteiger partial charge in [0.25, 0.3) is 11.1 Å². The van der Waals surface area contributed by atoms with Crippen LogP contribution in [0.25, 0.3) is 12.2 Å². The molecule has 2 aromatic rings. The SMILES string of the molecule is C/C=C/c1ccc2n(c1=O)C[C@H]1[C@H](CO)[C@@H](C(=O)N(C)C)[C@@H]2N1CC1CCCCC1.C/C=C\c1ccc2n(c1=O)C[C@H]1[C@H](CO)[C@@H](C(=O)N(C)C)[C@@H]2N1CC1CCCCC1. The van der Waals surface area contributed by atoms with Gasteiger partial charge in [-0.1, -0.05) is 62.8 Å². The van der Waals surface area contributed by atoms with E-state index < -0.39 is 0 Å². The number of allylic oxidation sites excluding steroid dienone is 2. The Kier molecular flexibility index (Phi) is 14.0. The van der Waals surface area contributed by atoms with Gasteiger partial charge in [0, 0.05) is 114 Å². The van der Waals surface area contributed by atoms with Crippen LogP contribution in [-0.2, 0) is 22.7 Å². The van der Waals surface area contributed by atoms with Gasteiger partial charge >= 0.3 is 0 Å². The van der Waals surface area contributed by atoms with E-state index in [1.54, 1.807) is 38.0 Å². The first-order valence-corrected chi connectivity index (χ1v) is 22.8. The van der Waals surface area contributed by atoms with Crippen LogP contribution in [0.1, 0.15) is 113 Å². The van der Waals surface area contributed by atoms with Gasteiger partial charge in [0.15, 0.2) is 0 Å². The summed E-state index contributed by atoms with van der Waals surface area (Å²) in [5.41, 5.74) is 3.22. The van der Waals surface area contributed by atoms with Crippen molar-refractivity contribution in [3.05, 3.63) is 79.6 Å². The van der Waals surface area contributed by atoms with E-state index in [4.69, 9.17) is 0 Å². The molecule has 6 aliphatic rings. The largest absolute Gasteiger partial charge is 0.396 e. The lowest BCUT2D eigenvalue weighted by atomic mass is 9.86. The first-order valence-electron chi connectivity index (χ1n) is 22.8. The molecule has 2 amide bonds. The summed E-state index contributed by atoms with van der Waals surface area (Å²) in [4.78, 5) is 61.0.